The SMILES string of the molecule is Cc1cc(-c2ccc(/C=C/CO)cc2)ccc1O. The van der Waals surface area contributed by atoms with Gasteiger partial charge in [0.25, 0.3) is 0 Å². The Morgan fingerprint density at radius 1 is 1.00 bits per heavy atom. The Balaban J connectivity index is 2.28. The molecule has 0 unspecified atom stereocenters. The van der Waals surface area contributed by atoms with Crippen molar-refractivity contribution in [3.8, 4) is 16.9 Å². The topological polar surface area (TPSA) is 40.5 Å². The molecule has 0 spiro atoms. The molecular weight excluding hydrogens is 224 g/mol. The van der Waals surface area contributed by atoms with Gasteiger partial charge in [-0.1, -0.05) is 42.5 Å². The van der Waals surface area contributed by atoms with Crippen molar-refractivity contribution in [3.63, 3.8) is 0 Å². The first-order valence-electron chi connectivity index (χ1n) is 5.88. The fourth-order valence-corrected chi connectivity index (χ4v) is 1.81. The molecule has 0 atom stereocenters. The molecule has 2 aromatic rings. The number of rotatable bonds is 3. The van der Waals surface area contributed by atoms with E-state index >= 15 is 0 Å². The van der Waals surface area contributed by atoms with Crippen molar-refractivity contribution in [2.75, 3.05) is 6.61 Å². The Labute approximate surface area is 107 Å². The summed E-state index contributed by atoms with van der Waals surface area (Å²) in [6.45, 7) is 1.94. The lowest BCUT2D eigenvalue weighted by atomic mass is 10.0. The Morgan fingerprint density at radius 2 is 1.67 bits per heavy atom. The van der Waals surface area contributed by atoms with E-state index in [-0.39, 0.29) is 6.61 Å². The third-order valence-corrected chi connectivity index (χ3v) is 2.86. The molecule has 0 aliphatic heterocycles. The number of hydrogen-bond donors (Lipinski definition) is 2. The second-order valence-electron chi connectivity index (χ2n) is 4.21. The van der Waals surface area contributed by atoms with E-state index in [1.165, 1.54) is 0 Å². The molecule has 0 amide bonds. The lowest BCUT2D eigenvalue weighted by Gasteiger charge is -2.05. The summed E-state index contributed by atoms with van der Waals surface area (Å²) < 4.78 is 0. The molecule has 0 heterocycles. The fraction of sp³-hybridized carbons (Fsp3) is 0.125. The average Bonchev–Trinajstić information content (AvgIpc) is 2.40. The molecule has 18 heavy (non-hydrogen) atoms. The minimum atomic E-state index is 0.0545. The largest absolute Gasteiger partial charge is 0.508 e. The van der Waals surface area contributed by atoms with Gasteiger partial charge < -0.3 is 10.2 Å². The summed E-state index contributed by atoms with van der Waals surface area (Å²) in [7, 11) is 0. The van der Waals surface area contributed by atoms with Gasteiger partial charge in [-0.05, 0) is 41.3 Å². The third kappa shape index (κ3) is 2.79. The first kappa shape index (κ1) is 12.4. The van der Waals surface area contributed by atoms with Crippen LogP contribution in [-0.4, -0.2) is 16.8 Å². The average molecular weight is 240 g/mol. The molecule has 0 saturated carbocycles. The van der Waals surface area contributed by atoms with Crippen LogP contribution in [0.4, 0.5) is 0 Å². The van der Waals surface area contributed by atoms with E-state index in [2.05, 4.69) is 0 Å². The Morgan fingerprint density at radius 3 is 2.28 bits per heavy atom. The summed E-state index contributed by atoms with van der Waals surface area (Å²) in [4.78, 5) is 0. The second-order valence-corrected chi connectivity index (χ2v) is 4.21. The molecule has 0 radical (unpaired) electrons. The standard InChI is InChI=1S/C16H16O2/c1-12-11-15(8-9-16(12)18)14-6-4-13(5-7-14)3-2-10-17/h2-9,11,17-18H,10H2,1H3/b3-2+. The van der Waals surface area contributed by atoms with E-state index in [1.807, 2.05) is 49.4 Å². The van der Waals surface area contributed by atoms with Gasteiger partial charge in [0, 0.05) is 0 Å². The number of benzene rings is 2. The molecule has 92 valence electrons. The van der Waals surface area contributed by atoms with Crippen LogP contribution in [0, 0.1) is 6.92 Å². The summed E-state index contributed by atoms with van der Waals surface area (Å²) in [5, 5.41) is 18.2. The van der Waals surface area contributed by atoms with Crippen LogP contribution >= 0.6 is 0 Å². The molecule has 0 aliphatic carbocycles. The lowest BCUT2D eigenvalue weighted by molar-refractivity contribution is 0.343. The number of aliphatic hydroxyl groups is 1. The monoisotopic (exact) mass is 240 g/mol. The summed E-state index contributed by atoms with van der Waals surface area (Å²) in [5.74, 6) is 0.321. The zero-order valence-electron chi connectivity index (χ0n) is 10.3. The van der Waals surface area contributed by atoms with Crippen LogP contribution in [0.5, 0.6) is 5.75 Å². The predicted molar refractivity (Wildman–Crippen MR) is 74.4 cm³/mol. The van der Waals surface area contributed by atoms with Crippen molar-refractivity contribution in [2.45, 2.75) is 6.92 Å². The zero-order valence-corrected chi connectivity index (χ0v) is 10.3. The minimum Gasteiger partial charge on any atom is -0.508 e. The van der Waals surface area contributed by atoms with E-state index in [0.717, 1.165) is 22.3 Å². The first-order valence-corrected chi connectivity index (χ1v) is 5.88. The van der Waals surface area contributed by atoms with Crippen LogP contribution in [0.25, 0.3) is 17.2 Å². The Hall–Kier alpha value is -2.06. The number of aromatic hydroxyl groups is 1. The first-order chi connectivity index (χ1) is 8.70. The Kier molecular flexibility index (Phi) is 3.80. The maximum Gasteiger partial charge on any atom is 0.118 e. The Bertz CT molecular complexity index is 554. The van der Waals surface area contributed by atoms with Crippen LogP contribution in [0.15, 0.2) is 48.5 Å². The molecule has 0 aliphatic rings. The van der Waals surface area contributed by atoms with Crippen molar-refractivity contribution >= 4 is 6.08 Å². The van der Waals surface area contributed by atoms with Crippen LogP contribution in [0.3, 0.4) is 0 Å². The normalized spacial score (nSPS) is 11.0. The zero-order chi connectivity index (χ0) is 13.0. The van der Waals surface area contributed by atoms with Crippen molar-refractivity contribution in [3.05, 3.63) is 59.7 Å². The van der Waals surface area contributed by atoms with Crippen molar-refractivity contribution in [1.29, 1.82) is 0 Å². The van der Waals surface area contributed by atoms with Gasteiger partial charge in [-0.15, -0.1) is 0 Å². The molecule has 0 aromatic heterocycles. The summed E-state index contributed by atoms with van der Waals surface area (Å²) >= 11 is 0. The van der Waals surface area contributed by atoms with Gasteiger partial charge in [-0.25, -0.2) is 0 Å². The van der Waals surface area contributed by atoms with Gasteiger partial charge >= 0.3 is 0 Å². The fourth-order valence-electron chi connectivity index (χ4n) is 1.81. The third-order valence-electron chi connectivity index (χ3n) is 2.86. The number of phenols is 1. The number of aliphatic hydroxyl groups excluding tert-OH is 1. The molecule has 2 nitrogen and oxygen atoms in total. The van der Waals surface area contributed by atoms with Crippen molar-refractivity contribution in [2.24, 2.45) is 0 Å². The summed E-state index contributed by atoms with van der Waals surface area (Å²) in [6, 6.07) is 13.7. The van der Waals surface area contributed by atoms with Crippen LogP contribution in [0.1, 0.15) is 11.1 Å². The number of phenolic OH excluding ortho intramolecular Hbond substituents is 1. The van der Waals surface area contributed by atoms with E-state index in [9.17, 15) is 5.11 Å². The van der Waals surface area contributed by atoms with Crippen molar-refractivity contribution in [1.82, 2.24) is 0 Å². The second kappa shape index (κ2) is 5.52. The van der Waals surface area contributed by atoms with E-state index in [4.69, 9.17) is 5.11 Å². The highest BCUT2D eigenvalue weighted by Gasteiger charge is 2.00. The summed E-state index contributed by atoms with van der Waals surface area (Å²) in [5.41, 5.74) is 4.13. The highest BCUT2D eigenvalue weighted by atomic mass is 16.3. The molecule has 2 aromatic carbocycles. The van der Waals surface area contributed by atoms with Gasteiger partial charge in [0.1, 0.15) is 5.75 Å². The lowest BCUT2D eigenvalue weighted by Crippen LogP contribution is -1.81. The predicted octanol–water partition coefficient (Wildman–Crippen LogP) is 3.37. The van der Waals surface area contributed by atoms with Gasteiger partial charge in [0.15, 0.2) is 0 Å². The maximum absolute atomic E-state index is 9.50. The van der Waals surface area contributed by atoms with Gasteiger partial charge in [-0.3, -0.25) is 0 Å². The molecule has 2 rings (SSSR count). The van der Waals surface area contributed by atoms with E-state index in [0.29, 0.717) is 5.75 Å². The molecule has 0 fully saturated rings. The van der Waals surface area contributed by atoms with E-state index in [1.54, 1.807) is 12.1 Å². The molecule has 0 saturated heterocycles. The number of aryl methyl sites for hydroxylation is 1. The van der Waals surface area contributed by atoms with Gasteiger partial charge in [0.2, 0.25) is 0 Å². The molecule has 0 bridgehead atoms. The van der Waals surface area contributed by atoms with Gasteiger partial charge in [0.05, 0.1) is 6.61 Å². The molecule has 2 heteroatoms. The quantitative estimate of drug-likeness (QED) is 0.863. The number of hydrogen-bond acceptors (Lipinski definition) is 2. The minimum absolute atomic E-state index is 0.0545. The molecular formula is C16H16O2. The van der Waals surface area contributed by atoms with Gasteiger partial charge in [-0.2, -0.15) is 0 Å². The van der Waals surface area contributed by atoms with Crippen LogP contribution < -0.4 is 0 Å². The van der Waals surface area contributed by atoms with Crippen molar-refractivity contribution < 1.29 is 10.2 Å². The molecule has 2 N–H and O–H groups in total. The highest BCUT2D eigenvalue weighted by molar-refractivity contribution is 5.67. The van der Waals surface area contributed by atoms with E-state index < -0.39 is 0 Å². The summed E-state index contributed by atoms with van der Waals surface area (Å²) in [6.07, 6.45) is 3.59. The highest BCUT2D eigenvalue weighted by Crippen LogP contribution is 2.25. The van der Waals surface area contributed by atoms with Crippen LogP contribution in [-0.2, 0) is 0 Å². The smallest absolute Gasteiger partial charge is 0.118 e. The van der Waals surface area contributed by atoms with Crippen LogP contribution in [0.2, 0.25) is 0 Å². The maximum atomic E-state index is 9.50.